The average molecular weight is 299 g/mol. The summed E-state index contributed by atoms with van der Waals surface area (Å²) >= 11 is 0. The number of methoxy groups -OCH3 is 1. The highest BCUT2D eigenvalue weighted by Crippen LogP contribution is 2.30. The topological polar surface area (TPSA) is 70.3 Å². The van der Waals surface area contributed by atoms with Crippen LogP contribution < -0.4 is 15.2 Å². The van der Waals surface area contributed by atoms with Gasteiger partial charge in [0.2, 0.25) is 11.8 Å². The lowest BCUT2D eigenvalue weighted by atomic mass is 10.1. The van der Waals surface area contributed by atoms with Crippen molar-refractivity contribution >= 4 is 5.69 Å². The number of benzene rings is 1. The SMILES string of the molecule is COc1ncnc(Oc2ccc(CC(F)(F)F)cc2)c1N. The number of halogens is 3. The quantitative estimate of drug-likeness (QED) is 0.940. The molecule has 0 amide bonds. The molecule has 0 saturated carbocycles. The van der Waals surface area contributed by atoms with Crippen molar-refractivity contribution in [1.82, 2.24) is 9.97 Å². The minimum absolute atomic E-state index is 0.0745. The third kappa shape index (κ3) is 3.98. The molecular formula is C13H12F3N3O2. The van der Waals surface area contributed by atoms with Crippen LogP contribution in [0.25, 0.3) is 0 Å². The number of hydrogen-bond donors (Lipinski definition) is 1. The Kier molecular flexibility index (Phi) is 4.15. The third-order valence-corrected chi connectivity index (χ3v) is 2.55. The molecule has 0 aliphatic heterocycles. The summed E-state index contributed by atoms with van der Waals surface area (Å²) in [6, 6.07) is 5.49. The zero-order chi connectivity index (χ0) is 15.5. The van der Waals surface area contributed by atoms with Crippen molar-refractivity contribution in [1.29, 1.82) is 0 Å². The van der Waals surface area contributed by atoms with E-state index in [0.29, 0.717) is 5.75 Å². The second-order valence-corrected chi connectivity index (χ2v) is 4.14. The van der Waals surface area contributed by atoms with Gasteiger partial charge in [-0.3, -0.25) is 0 Å². The second-order valence-electron chi connectivity index (χ2n) is 4.14. The summed E-state index contributed by atoms with van der Waals surface area (Å²) in [5.74, 6) is 0.549. The Bertz CT molecular complexity index is 615. The molecule has 2 rings (SSSR count). The fourth-order valence-corrected chi connectivity index (χ4v) is 1.63. The number of nitrogens with zero attached hydrogens (tertiary/aromatic N) is 2. The molecule has 0 aliphatic carbocycles. The Morgan fingerprint density at radius 3 is 2.29 bits per heavy atom. The Hall–Kier alpha value is -2.51. The van der Waals surface area contributed by atoms with Gasteiger partial charge < -0.3 is 15.2 Å². The molecule has 0 bridgehead atoms. The molecule has 1 aromatic carbocycles. The smallest absolute Gasteiger partial charge is 0.393 e. The Morgan fingerprint density at radius 2 is 1.71 bits per heavy atom. The van der Waals surface area contributed by atoms with Crippen molar-refractivity contribution in [3.05, 3.63) is 36.2 Å². The normalized spacial score (nSPS) is 11.2. The molecule has 1 aromatic heterocycles. The number of hydrogen-bond acceptors (Lipinski definition) is 5. The predicted molar refractivity (Wildman–Crippen MR) is 69.3 cm³/mol. The zero-order valence-corrected chi connectivity index (χ0v) is 11.0. The molecule has 0 unspecified atom stereocenters. The molecule has 1 heterocycles. The van der Waals surface area contributed by atoms with E-state index in [9.17, 15) is 13.2 Å². The van der Waals surface area contributed by atoms with Gasteiger partial charge in [0.25, 0.3) is 0 Å². The van der Waals surface area contributed by atoms with E-state index >= 15 is 0 Å². The van der Waals surface area contributed by atoms with Gasteiger partial charge in [0.1, 0.15) is 12.1 Å². The summed E-state index contributed by atoms with van der Waals surface area (Å²) in [4.78, 5) is 7.64. The highest BCUT2D eigenvalue weighted by Gasteiger charge is 2.27. The first-order chi connectivity index (χ1) is 9.89. The van der Waals surface area contributed by atoms with Crippen LogP contribution in [0.15, 0.2) is 30.6 Å². The van der Waals surface area contributed by atoms with Crippen LogP contribution in [0.4, 0.5) is 18.9 Å². The zero-order valence-electron chi connectivity index (χ0n) is 11.0. The van der Waals surface area contributed by atoms with E-state index in [-0.39, 0.29) is 23.0 Å². The lowest BCUT2D eigenvalue weighted by molar-refractivity contribution is -0.127. The number of ether oxygens (including phenoxy) is 2. The van der Waals surface area contributed by atoms with Crippen LogP contribution >= 0.6 is 0 Å². The van der Waals surface area contributed by atoms with E-state index in [4.69, 9.17) is 15.2 Å². The van der Waals surface area contributed by atoms with Crippen LogP contribution in [-0.2, 0) is 6.42 Å². The highest BCUT2D eigenvalue weighted by atomic mass is 19.4. The first-order valence-corrected chi connectivity index (χ1v) is 5.87. The first kappa shape index (κ1) is 14.9. The number of nitrogens with two attached hydrogens (primary N) is 1. The Morgan fingerprint density at radius 1 is 1.10 bits per heavy atom. The molecule has 8 heteroatoms. The van der Waals surface area contributed by atoms with Gasteiger partial charge in [-0.2, -0.15) is 23.1 Å². The number of aromatic nitrogens is 2. The van der Waals surface area contributed by atoms with Gasteiger partial charge in [-0.15, -0.1) is 0 Å². The number of anilines is 1. The van der Waals surface area contributed by atoms with E-state index in [1.807, 2.05) is 0 Å². The summed E-state index contributed by atoms with van der Waals surface area (Å²) in [6.45, 7) is 0. The standard InChI is InChI=1S/C13H12F3N3O2/c1-20-11-10(17)12(19-7-18-11)21-9-4-2-8(3-5-9)6-13(14,15)16/h2-5,7H,6,17H2,1H3. The third-order valence-electron chi connectivity index (χ3n) is 2.55. The van der Waals surface area contributed by atoms with Crippen molar-refractivity contribution < 1.29 is 22.6 Å². The molecule has 2 aromatic rings. The van der Waals surface area contributed by atoms with E-state index in [1.54, 1.807) is 0 Å². The molecule has 0 fully saturated rings. The number of nitrogen functional groups attached to an aromatic ring is 1. The molecule has 21 heavy (non-hydrogen) atoms. The van der Waals surface area contributed by atoms with E-state index < -0.39 is 12.6 Å². The highest BCUT2D eigenvalue weighted by molar-refractivity contribution is 5.56. The maximum atomic E-state index is 12.2. The van der Waals surface area contributed by atoms with E-state index in [0.717, 1.165) is 0 Å². The van der Waals surface area contributed by atoms with Crippen molar-refractivity contribution in [3.63, 3.8) is 0 Å². The van der Waals surface area contributed by atoms with Crippen LogP contribution in [0.3, 0.4) is 0 Å². The van der Waals surface area contributed by atoms with Crippen LogP contribution in [0, 0.1) is 0 Å². The largest absolute Gasteiger partial charge is 0.479 e. The maximum Gasteiger partial charge on any atom is 0.393 e. The summed E-state index contributed by atoms with van der Waals surface area (Å²) in [6.07, 6.45) is -4.02. The van der Waals surface area contributed by atoms with Crippen molar-refractivity contribution in [3.8, 4) is 17.5 Å². The van der Waals surface area contributed by atoms with E-state index in [2.05, 4.69) is 9.97 Å². The van der Waals surface area contributed by atoms with Gasteiger partial charge in [0.05, 0.1) is 13.5 Å². The van der Waals surface area contributed by atoms with Crippen LogP contribution in [0.1, 0.15) is 5.56 Å². The molecule has 2 N–H and O–H groups in total. The number of alkyl halides is 3. The molecule has 0 spiro atoms. The summed E-state index contributed by atoms with van der Waals surface area (Å²) < 4.78 is 47.1. The first-order valence-electron chi connectivity index (χ1n) is 5.87. The molecular weight excluding hydrogens is 287 g/mol. The van der Waals surface area contributed by atoms with E-state index in [1.165, 1.54) is 37.7 Å². The van der Waals surface area contributed by atoms with Crippen LogP contribution in [0.5, 0.6) is 17.5 Å². The molecule has 5 nitrogen and oxygen atoms in total. The summed E-state index contributed by atoms with van der Waals surface area (Å²) in [7, 11) is 1.40. The van der Waals surface area contributed by atoms with Gasteiger partial charge in [0.15, 0.2) is 5.69 Å². The second kappa shape index (κ2) is 5.86. The lowest BCUT2D eigenvalue weighted by Crippen LogP contribution is -2.11. The fraction of sp³-hybridized carbons (Fsp3) is 0.231. The van der Waals surface area contributed by atoms with Gasteiger partial charge >= 0.3 is 6.18 Å². The predicted octanol–water partition coefficient (Wildman–Crippen LogP) is 2.96. The van der Waals surface area contributed by atoms with Crippen LogP contribution in [-0.4, -0.2) is 23.3 Å². The summed E-state index contributed by atoms with van der Waals surface area (Å²) in [5.41, 5.74) is 5.98. The van der Waals surface area contributed by atoms with Gasteiger partial charge in [0, 0.05) is 0 Å². The van der Waals surface area contributed by atoms with Crippen molar-refractivity contribution in [2.75, 3.05) is 12.8 Å². The van der Waals surface area contributed by atoms with Crippen LogP contribution in [0.2, 0.25) is 0 Å². The molecule has 0 saturated heterocycles. The lowest BCUT2D eigenvalue weighted by Gasteiger charge is -2.10. The Labute approximate surface area is 118 Å². The fourth-order valence-electron chi connectivity index (χ4n) is 1.63. The number of rotatable bonds is 4. The minimum Gasteiger partial charge on any atom is -0.479 e. The van der Waals surface area contributed by atoms with Gasteiger partial charge in [-0.05, 0) is 17.7 Å². The molecule has 0 radical (unpaired) electrons. The maximum absolute atomic E-state index is 12.2. The Balaban J connectivity index is 2.14. The monoisotopic (exact) mass is 299 g/mol. The molecule has 0 aliphatic rings. The van der Waals surface area contributed by atoms with Gasteiger partial charge in [-0.25, -0.2) is 0 Å². The minimum atomic E-state index is -4.24. The van der Waals surface area contributed by atoms with Crippen molar-refractivity contribution in [2.24, 2.45) is 0 Å². The molecule has 0 atom stereocenters. The average Bonchev–Trinajstić information content (AvgIpc) is 2.42. The summed E-state index contributed by atoms with van der Waals surface area (Å²) in [5, 5.41) is 0. The molecule has 112 valence electrons. The van der Waals surface area contributed by atoms with Crippen molar-refractivity contribution in [2.45, 2.75) is 12.6 Å². The van der Waals surface area contributed by atoms with Gasteiger partial charge in [-0.1, -0.05) is 12.1 Å².